The van der Waals surface area contributed by atoms with Crippen LogP contribution in [0.25, 0.3) is 0 Å². The van der Waals surface area contributed by atoms with E-state index in [-0.39, 0.29) is 12.0 Å². The van der Waals surface area contributed by atoms with Crippen LogP contribution in [-0.2, 0) is 0 Å². The van der Waals surface area contributed by atoms with E-state index < -0.39 is 5.60 Å². The molecule has 0 aromatic heterocycles. The third kappa shape index (κ3) is 1.99. The maximum Gasteiger partial charge on any atom is 0.0647 e. The Morgan fingerprint density at radius 3 is 2.17 bits per heavy atom. The number of aliphatic hydroxyl groups is 2. The first-order valence-corrected chi connectivity index (χ1v) is 4.83. The molecule has 72 valence electrons. The Balaban J connectivity index is 2.69. The summed E-state index contributed by atoms with van der Waals surface area (Å²) in [6, 6.07) is 0. The van der Waals surface area contributed by atoms with Crippen LogP contribution in [0, 0.1) is 11.8 Å². The molecular weight excluding hydrogens is 152 g/mol. The van der Waals surface area contributed by atoms with Gasteiger partial charge in [-0.25, -0.2) is 0 Å². The standard InChI is InChI=1S/C10H20O2/c1-7-5-4-6-8(11)9(7)10(2,3)12/h7-9,11-12H,4-6H2,1-3H3. The second kappa shape index (κ2) is 3.35. The molecule has 1 aliphatic carbocycles. The zero-order valence-electron chi connectivity index (χ0n) is 8.25. The molecule has 3 atom stereocenters. The molecule has 2 nitrogen and oxygen atoms in total. The van der Waals surface area contributed by atoms with Gasteiger partial charge >= 0.3 is 0 Å². The van der Waals surface area contributed by atoms with E-state index in [2.05, 4.69) is 6.92 Å². The Hall–Kier alpha value is -0.0800. The third-order valence-corrected chi connectivity index (χ3v) is 3.00. The molecular formula is C10H20O2. The van der Waals surface area contributed by atoms with Crippen molar-refractivity contribution in [2.24, 2.45) is 11.8 Å². The molecule has 12 heavy (non-hydrogen) atoms. The fraction of sp³-hybridized carbons (Fsp3) is 1.00. The molecule has 1 aliphatic rings. The van der Waals surface area contributed by atoms with E-state index in [9.17, 15) is 10.2 Å². The topological polar surface area (TPSA) is 40.5 Å². The van der Waals surface area contributed by atoms with Gasteiger partial charge in [-0.2, -0.15) is 0 Å². The molecule has 0 aliphatic heterocycles. The predicted octanol–water partition coefficient (Wildman–Crippen LogP) is 1.55. The van der Waals surface area contributed by atoms with Crippen molar-refractivity contribution in [2.45, 2.75) is 51.7 Å². The summed E-state index contributed by atoms with van der Waals surface area (Å²) in [5, 5.41) is 19.5. The summed E-state index contributed by atoms with van der Waals surface area (Å²) in [7, 11) is 0. The van der Waals surface area contributed by atoms with E-state index in [0.29, 0.717) is 5.92 Å². The lowest BCUT2D eigenvalue weighted by atomic mass is 9.70. The fourth-order valence-corrected chi connectivity index (χ4v) is 2.55. The molecule has 1 rings (SSSR count). The Kier molecular flexibility index (Phi) is 2.79. The van der Waals surface area contributed by atoms with Crippen LogP contribution in [-0.4, -0.2) is 21.9 Å². The van der Waals surface area contributed by atoms with Crippen molar-refractivity contribution in [3.63, 3.8) is 0 Å². The van der Waals surface area contributed by atoms with Crippen molar-refractivity contribution >= 4 is 0 Å². The molecule has 1 saturated carbocycles. The predicted molar refractivity (Wildman–Crippen MR) is 48.8 cm³/mol. The highest BCUT2D eigenvalue weighted by Crippen LogP contribution is 2.36. The summed E-state index contributed by atoms with van der Waals surface area (Å²) >= 11 is 0. The van der Waals surface area contributed by atoms with E-state index in [1.807, 2.05) is 0 Å². The highest BCUT2D eigenvalue weighted by molar-refractivity contribution is 4.89. The highest BCUT2D eigenvalue weighted by atomic mass is 16.3. The molecule has 2 heteroatoms. The van der Waals surface area contributed by atoms with Gasteiger partial charge in [0.2, 0.25) is 0 Å². The third-order valence-electron chi connectivity index (χ3n) is 3.00. The van der Waals surface area contributed by atoms with Gasteiger partial charge in [-0.05, 0) is 26.2 Å². The van der Waals surface area contributed by atoms with Gasteiger partial charge < -0.3 is 10.2 Å². The van der Waals surface area contributed by atoms with Crippen LogP contribution in [0.5, 0.6) is 0 Å². The van der Waals surface area contributed by atoms with Crippen molar-refractivity contribution in [2.75, 3.05) is 0 Å². The van der Waals surface area contributed by atoms with Crippen LogP contribution in [0.1, 0.15) is 40.0 Å². The van der Waals surface area contributed by atoms with Crippen LogP contribution in [0.3, 0.4) is 0 Å². The first-order valence-electron chi connectivity index (χ1n) is 4.83. The molecule has 0 spiro atoms. The molecule has 0 amide bonds. The molecule has 0 saturated heterocycles. The molecule has 0 aromatic rings. The quantitative estimate of drug-likeness (QED) is 0.630. The number of hydrogen-bond donors (Lipinski definition) is 2. The summed E-state index contributed by atoms with van der Waals surface area (Å²) in [6.45, 7) is 5.70. The van der Waals surface area contributed by atoms with Gasteiger partial charge in [0.15, 0.2) is 0 Å². The monoisotopic (exact) mass is 172 g/mol. The van der Waals surface area contributed by atoms with Gasteiger partial charge in [0.1, 0.15) is 0 Å². The molecule has 0 radical (unpaired) electrons. The van der Waals surface area contributed by atoms with E-state index in [1.54, 1.807) is 13.8 Å². The first-order chi connectivity index (χ1) is 5.43. The molecule has 1 fully saturated rings. The largest absolute Gasteiger partial charge is 0.393 e. The minimum absolute atomic E-state index is 0.0475. The maximum absolute atomic E-state index is 9.82. The van der Waals surface area contributed by atoms with Gasteiger partial charge in [-0.15, -0.1) is 0 Å². The Morgan fingerprint density at radius 2 is 1.83 bits per heavy atom. The summed E-state index contributed by atoms with van der Waals surface area (Å²) < 4.78 is 0. The molecule has 0 bridgehead atoms. The first kappa shape index (κ1) is 10.0. The summed E-state index contributed by atoms with van der Waals surface area (Å²) in [6.07, 6.45) is 2.76. The van der Waals surface area contributed by atoms with E-state index in [0.717, 1.165) is 19.3 Å². The molecule has 0 aromatic carbocycles. The zero-order chi connectivity index (χ0) is 9.35. The number of aliphatic hydroxyl groups excluding tert-OH is 1. The van der Waals surface area contributed by atoms with Crippen LogP contribution < -0.4 is 0 Å². The molecule has 3 unspecified atom stereocenters. The summed E-state index contributed by atoms with van der Waals surface area (Å²) in [5.74, 6) is 0.486. The van der Waals surface area contributed by atoms with Crippen molar-refractivity contribution < 1.29 is 10.2 Å². The summed E-state index contributed by atoms with van der Waals surface area (Å²) in [5.41, 5.74) is -0.737. The lowest BCUT2D eigenvalue weighted by molar-refractivity contribution is -0.0881. The van der Waals surface area contributed by atoms with Crippen LogP contribution in [0.2, 0.25) is 0 Å². The highest BCUT2D eigenvalue weighted by Gasteiger charge is 2.39. The van der Waals surface area contributed by atoms with Crippen molar-refractivity contribution in [3.05, 3.63) is 0 Å². The van der Waals surface area contributed by atoms with Gasteiger partial charge in [-0.3, -0.25) is 0 Å². The Labute approximate surface area is 74.6 Å². The van der Waals surface area contributed by atoms with E-state index >= 15 is 0 Å². The second-order valence-corrected chi connectivity index (χ2v) is 4.65. The van der Waals surface area contributed by atoms with Gasteiger partial charge in [-0.1, -0.05) is 19.8 Å². The Bertz CT molecular complexity index is 138. The SMILES string of the molecule is CC1CCCC(O)C1C(C)(C)O. The lowest BCUT2D eigenvalue weighted by Gasteiger charge is -2.41. The average molecular weight is 172 g/mol. The van der Waals surface area contributed by atoms with Gasteiger partial charge in [0.25, 0.3) is 0 Å². The number of rotatable bonds is 1. The van der Waals surface area contributed by atoms with Gasteiger partial charge in [0, 0.05) is 5.92 Å². The van der Waals surface area contributed by atoms with Crippen LogP contribution >= 0.6 is 0 Å². The van der Waals surface area contributed by atoms with Crippen molar-refractivity contribution in [3.8, 4) is 0 Å². The van der Waals surface area contributed by atoms with Gasteiger partial charge in [0.05, 0.1) is 11.7 Å². The van der Waals surface area contributed by atoms with E-state index in [1.165, 1.54) is 0 Å². The van der Waals surface area contributed by atoms with Crippen LogP contribution in [0.15, 0.2) is 0 Å². The maximum atomic E-state index is 9.82. The minimum Gasteiger partial charge on any atom is -0.393 e. The zero-order valence-corrected chi connectivity index (χ0v) is 8.25. The van der Waals surface area contributed by atoms with Crippen molar-refractivity contribution in [1.29, 1.82) is 0 Å². The second-order valence-electron chi connectivity index (χ2n) is 4.65. The smallest absolute Gasteiger partial charge is 0.0647 e. The lowest BCUT2D eigenvalue weighted by Crippen LogP contribution is -2.45. The van der Waals surface area contributed by atoms with E-state index in [4.69, 9.17) is 0 Å². The molecule has 0 heterocycles. The van der Waals surface area contributed by atoms with Crippen LogP contribution in [0.4, 0.5) is 0 Å². The number of hydrogen-bond acceptors (Lipinski definition) is 2. The average Bonchev–Trinajstić information content (AvgIpc) is 1.82. The fourth-order valence-electron chi connectivity index (χ4n) is 2.55. The Morgan fingerprint density at radius 1 is 1.25 bits per heavy atom. The van der Waals surface area contributed by atoms with Crippen molar-refractivity contribution in [1.82, 2.24) is 0 Å². The minimum atomic E-state index is -0.737. The normalized spacial score (nSPS) is 38.2. The summed E-state index contributed by atoms with van der Waals surface area (Å²) in [4.78, 5) is 0. The molecule has 2 N–H and O–H groups in total.